The predicted octanol–water partition coefficient (Wildman–Crippen LogP) is 1.76. The van der Waals surface area contributed by atoms with Crippen LogP contribution in [0, 0.1) is 0 Å². The Hall–Kier alpha value is -0.810. The highest BCUT2D eigenvalue weighted by molar-refractivity contribution is 6.30. The molecule has 0 heterocycles. The van der Waals surface area contributed by atoms with E-state index < -0.39 is 0 Å². The van der Waals surface area contributed by atoms with Gasteiger partial charge in [-0.15, -0.1) is 0 Å². The summed E-state index contributed by atoms with van der Waals surface area (Å²) in [5.74, 6) is 0.856. The van der Waals surface area contributed by atoms with Crippen molar-refractivity contribution in [3.63, 3.8) is 0 Å². The van der Waals surface area contributed by atoms with Crippen molar-refractivity contribution >= 4 is 11.6 Å². The Morgan fingerprint density at radius 1 is 1.33 bits per heavy atom. The van der Waals surface area contributed by atoms with Gasteiger partial charge in [-0.05, 0) is 25.2 Å². The Morgan fingerprint density at radius 3 is 2.78 bits per heavy atom. The monoisotopic (exact) mass is 272 g/mol. The second kappa shape index (κ2) is 8.32. The van der Waals surface area contributed by atoms with E-state index in [2.05, 4.69) is 4.90 Å². The molecule has 0 aromatic heterocycles. The van der Waals surface area contributed by atoms with Gasteiger partial charge >= 0.3 is 0 Å². The molecule has 0 aliphatic carbocycles. The summed E-state index contributed by atoms with van der Waals surface area (Å²) in [6.07, 6.45) is 0. The Kier molecular flexibility index (Phi) is 7.05. The van der Waals surface area contributed by atoms with Gasteiger partial charge in [0.2, 0.25) is 0 Å². The van der Waals surface area contributed by atoms with Crippen molar-refractivity contribution in [3.05, 3.63) is 28.8 Å². The van der Waals surface area contributed by atoms with Gasteiger partial charge in [-0.2, -0.15) is 0 Å². The summed E-state index contributed by atoms with van der Waals surface area (Å²) in [4.78, 5) is 2.16. The average Bonchev–Trinajstić information content (AvgIpc) is 2.35. The normalized spacial score (nSPS) is 10.9. The van der Waals surface area contributed by atoms with E-state index >= 15 is 0 Å². The lowest BCUT2D eigenvalue weighted by atomic mass is 10.2. The van der Waals surface area contributed by atoms with E-state index in [1.165, 1.54) is 0 Å². The summed E-state index contributed by atoms with van der Waals surface area (Å²) in [6.45, 7) is 3.46. The third kappa shape index (κ3) is 5.23. The largest absolute Gasteiger partial charge is 0.496 e. The van der Waals surface area contributed by atoms with Gasteiger partial charge in [0.25, 0.3) is 0 Å². The van der Waals surface area contributed by atoms with Crippen LogP contribution in [-0.2, 0) is 11.3 Å². The van der Waals surface area contributed by atoms with Crippen LogP contribution >= 0.6 is 11.6 Å². The molecule has 102 valence electrons. The number of halogens is 1. The number of ether oxygens (including phenoxy) is 2. The summed E-state index contributed by atoms with van der Waals surface area (Å²) in [6, 6.07) is 5.64. The van der Waals surface area contributed by atoms with E-state index in [4.69, 9.17) is 26.8 Å². The highest BCUT2D eigenvalue weighted by Crippen LogP contribution is 2.23. The van der Waals surface area contributed by atoms with Crippen molar-refractivity contribution in [2.75, 3.05) is 40.5 Å². The molecule has 2 N–H and O–H groups in total. The highest BCUT2D eigenvalue weighted by atomic mass is 35.5. The second-order valence-electron chi connectivity index (χ2n) is 4.09. The lowest BCUT2D eigenvalue weighted by molar-refractivity contribution is 0.115. The van der Waals surface area contributed by atoms with E-state index in [-0.39, 0.29) is 0 Å². The number of hydrogen-bond donors (Lipinski definition) is 1. The van der Waals surface area contributed by atoms with Crippen LogP contribution < -0.4 is 10.5 Å². The average molecular weight is 273 g/mol. The molecule has 1 aromatic rings. The molecular formula is C13H21ClN2O2. The fourth-order valence-electron chi connectivity index (χ4n) is 1.65. The first-order chi connectivity index (χ1) is 8.67. The Morgan fingerprint density at radius 2 is 2.11 bits per heavy atom. The minimum absolute atomic E-state index is 0.561. The quantitative estimate of drug-likeness (QED) is 0.733. The van der Waals surface area contributed by atoms with Crippen LogP contribution in [0.1, 0.15) is 5.56 Å². The third-order valence-corrected chi connectivity index (χ3v) is 2.80. The number of benzene rings is 1. The van der Waals surface area contributed by atoms with Crippen molar-refractivity contribution < 1.29 is 9.47 Å². The summed E-state index contributed by atoms with van der Waals surface area (Å²) in [7, 11) is 3.70. The first-order valence-electron chi connectivity index (χ1n) is 5.96. The lowest BCUT2D eigenvalue weighted by Crippen LogP contribution is -2.24. The summed E-state index contributed by atoms with van der Waals surface area (Å²) < 4.78 is 10.7. The number of hydrogen-bond acceptors (Lipinski definition) is 4. The van der Waals surface area contributed by atoms with Crippen molar-refractivity contribution in [1.29, 1.82) is 0 Å². The maximum Gasteiger partial charge on any atom is 0.123 e. The van der Waals surface area contributed by atoms with E-state index in [0.29, 0.717) is 19.8 Å². The van der Waals surface area contributed by atoms with Gasteiger partial charge in [-0.3, -0.25) is 4.90 Å². The maximum atomic E-state index is 5.99. The Labute approximate surface area is 114 Å². The molecule has 0 amide bonds. The van der Waals surface area contributed by atoms with Crippen LogP contribution in [-0.4, -0.2) is 45.4 Å². The molecule has 0 unspecified atom stereocenters. The molecule has 4 nitrogen and oxygen atoms in total. The molecule has 1 rings (SSSR count). The van der Waals surface area contributed by atoms with Crippen molar-refractivity contribution in [2.45, 2.75) is 6.54 Å². The fraction of sp³-hybridized carbons (Fsp3) is 0.538. The molecule has 0 atom stereocenters. The summed E-state index contributed by atoms with van der Waals surface area (Å²) in [5.41, 5.74) is 6.43. The van der Waals surface area contributed by atoms with Gasteiger partial charge in [0.1, 0.15) is 5.75 Å². The van der Waals surface area contributed by atoms with Crippen molar-refractivity contribution in [2.24, 2.45) is 5.73 Å². The second-order valence-corrected chi connectivity index (χ2v) is 4.53. The zero-order valence-electron chi connectivity index (χ0n) is 11.0. The molecule has 5 heteroatoms. The van der Waals surface area contributed by atoms with Crippen LogP contribution in [0.5, 0.6) is 5.75 Å². The van der Waals surface area contributed by atoms with Crippen molar-refractivity contribution in [3.8, 4) is 5.75 Å². The maximum absolute atomic E-state index is 5.99. The smallest absolute Gasteiger partial charge is 0.123 e. The number of rotatable bonds is 8. The molecule has 0 saturated heterocycles. The zero-order valence-corrected chi connectivity index (χ0v) is 11.7. The molecule has 0 aliphatic heterocycles. The van der Waals surface area contributed by atoms with Crippen molar-refractivity contribution in [1.82, 2.24) is 4.90 Å². The topological polar surface area (TPSA) is 47.7 Å². The first kappa shape index (κ1) is 15.2. The SMILES string of the molecule is COc1ccc(Cl)cc1CN(C)CCOCCN. The molecular weight excluding hydrogens is 252 g/mol. The van der Waals surface area contributed by atoms with Crippen LogP contribution in [0.2, 0.25) is 5.02 Å². The number of nitrogens with zero attached hydrogens (tertiary/aromatic N) is 1. The van der Waals surface area contributed by atoms with E-state index in [0.717, 1.165) is 29.4 Å². The number of methoxy groups -OCH3 is 1. The van der Waals surface area contributed by atoms with Gasteiger partial charge in [0, 0.05) is 30.2 Å². The molecule has 0 aliphatic rings. The van der Waals surface area contributed by atoms with Gasteiger partial charge in [-0.25, -0.2) is 0 Å². The molecule has 0 radical (unpaired) electrons. The van der Waals surface area contributed by atoms with E-state index in [1.54, 1.807) is 7.11 Å². The van der Waals surface area contributed by atoms with Gasteiger partial charge in [-0.1, -0.05) is 11.6 Å². The van der Waals surface area contributed by atoms with Crippen LogP contribution in [0.15, 0.2) is 18.2 Å². The zero-order chi connectivity index (χ0) is 13.4. The Balaban J connectivity index is 2.47. The lowest BCUT2D eigenvalue weighted by Gasteiger charge is -2.18. The molecule has 0 bridgehead atoms. The molecule has 0 fully saturated rings. The molecule has 0 spiro atoms. The summed E-state index contributed by atoms with van der Waals surface area (Å²) in [5, 5.41) is 0.721. The Bertz CT molecular complexity index is 361. The molecule has 18 heavy (non-hydrogen) atoms. The van der Waals surface area contributed by atoms with E-state index in [1.807, 2.05) is 25.2 Å². The van der Waals surface area contributed by atoms with Crippen LogP contribution in [0.3, 0.4) is 0 Å². The third-order valence-electron chi connectivity index (χ3n) is 2.56. The molecule has 0 saturated carbocycles. The van der Waals surface area contributed by atoms with Gasteiger partial charge in [0.15, 0.2) is 0 Å². The first-order valence-corrected chi connectivity index (χ1v) is 6.34. The van der Waals surface area contributed by atoms with Crippen LogP contribution in [0.25, 0.3) is 0 Å². The predicted molar refractivity (Wildman–Crippen MR) is 74.2 cm³/mol. The molecule has 1 aromatic carbocycles. The standard InChI is InChI=1S/C13H21ClN2O2/c1-16(6-8-18-7-5-15)10-11-9-12(14)3-4-13(11)17-2/h3-4,9H,5-8,10,15H2,1-2H3. The number of likely N-dealkylation sites (N-methyl/N-ethyl adjacent to an activating group) is 1. The summed E-state index contributed by atoms with van der Waals surface area (Å²) >= 11 is 5.99. The van der Waals surface area contributed by atoms with Gasteiger partial charge in [0.05, 0.1) is 20.3 Å². The van der Waals surface area contributed by atoms with Gasteiger partial charge < -0.3 is 15.2 Å². The van der Waals surface area contributed by atoms with Crippen LogP contribution in [0.4, 0.5) is 0 Å². The highest BCUT2D eigenvalue weighted by Gasteiger charge is 2.07. The fourth-order valence-corrected chi connectivity index (χ4v) is 1.84. The number of nitrogens with two attached hydrogens (primary N) is 1. The van der Waals surface area contributed by atoms with E-state index in [9.17, 15) is 0 Å². The minimum atomic E-state index is 0.561. The minimum Gasteiger partial charge on any atom is -0.496 e.